The van der Waals surface area contributed by atoms with E-state index in [2.05, 4.69) is 5.32 Å². The van der Waals surface area contributed by atoms with Crippen molar-refractivity contribution >= 4 is 23.2 Å². The average Bonchev–Trinajstić information content (AvgIpc) is 2.74. The molecule has 2 aromatic carbocycles. The maximum Gasteiger partial charge on any atom is 0.471 e. The van der Waals surface area contributed by atoms with E-state index in [-0.39, 0.29) is 25.6 Å². The van der Waals surface area contributed by atoms with E-state index < -0.39 is 12.1 Å². The van der Waals surface area contributed by atoms with Crippen LogP contribution in [0.1, 0.15) is 11.1 Å². The molecule has 2 aromatic rings. The number of anilines is 2. The summed E-state index contributed by atoms with van der Waals surface area (Å²) in [6.45, 7) is 4.40. The normalized spacial score (nSPS) is 14.4. The molecule has 1 heterocycles. The Morgan fingerprint density at radius 3 is 2.26 bits per heavy atom. The van der Waals surface area contributed by atoms with Crippen LogP contribution in [-0.4, -0.2) is 55.7 Å². The lowest BCUT2D eigenvalue weighted by Gasteiger charge is -2.36. The molecule has 1 N–H and O–H groups in total. The Balaban J connectivity index is 1.50. The van der Waals surface area contributed by atoms with Crippen molar-refractivity contribution in [2.24, 2.45) is 0 Å². The number of halogens is 3. The van der Waals surface area contributed by atoms with E-state index in [1.165, 1.54) is 0 Å². The number of piperazine rings is 1. The first-order chi connectivity index (χ1) is 14.6. The van der Waals surface area contributed by atoms with Crippen LogP contribution in [-0.2, 0) is 9.59 Å². The highest BCUT2D eigenvalue weighted by molar-refractivity contribution is 5.92. The van der Waals surface area contributed by atoms with Gasteiger partial charge in [0.05, 0.1) is 0 Å². The Bertz CT molecular complexity index is 937. The van der Waals surface area contributed by atoms with Crippen LogP contribution in [0.5, 0.6) is 5.75 Å². The SMILES string of the molecule is Cc1cccc(OCC(=O)Nc2ccc(N3CCN(C(=O)C(F)(F)F)CC3)cc2)c1C. The van der Waals surface area contributed by atoms with E-state index in [9.17, 15) is 22.8 Å². The lowest BCUT2D eigenvalue weighted by atomic mass is 10.1. The van der Waals surface area contributed by atoms with Gasteiger partial charge in [-0.25, -0.2) is 0 Å². The highest BCUT2D eigenvalue weighted by atomic mass is 19.4. The molecule has 0 unspecified atom stereocenters. The molecule has 3 rings (SSSR count). The van der Waals surface area contributed by atoms with Crippen molar-refractivity contribution in [1.29, 1.82) is 0 Å². The molecule has 9 heteroatoms. The van der Waals surface area contributed by atoms with Crippen LogP contribution in [0, 0.1) is 13.8 Å². The predicted molar refractivity (Wildman–Crippen MR) is 111 cm³/mol. The molecular formula is C22H24F3N3O3. The lowest BCUT2D eigenvalue weighted by molar-refractivity contribution is -0.185. The fraction of sp³-hybridized carbons (Fsp3) is 0.364. The van der Waals surface area contributed by atoms with Gasteiger partial charge < -0.3 is 19.9 Å². The number of carbonyl (C=O) groups excluding carboxylic acids is 2. The third-order valence-corrected chi connectivity index (χ3v) is 5.24. The van der Waals surface area contributed by atoms with Crippen molar-refractivity contribution in [2.45, 2.75) is 20.0 Å². The molecule has 0 bridgehead atoms. The number of hydrogen-bond donors (Lipinski definition) is 1. The molecule has 6 nitrogen and oxygen atoms in total. The first kappa shape index (κ1) is 22.5. The topological polar surface area (TPSA) is 61.9 Å². The molecule has 0 aliphatic carbocycles. The minimum Gasteiger partial charge on any atom is -0.483 e. The molecular weight excluding hydrogens is 411 g/mol. The number of aryl methyl sites for hydroxylation is 1. The van der Waals surface area contributed by atoms with Gasteiger partial charge in [0.1, 0.15) is 5.75 Å². The van der Waals surface area contributed by atoms with Crippen molar-refractivity contribution in [1.82, 2.24) is 4.90 Å². The van der Waals surface area contributed by atoms with Gasteiger partial charge >= 0.3 is 12.1 Å². The first-order valence-corrected chi connectivity index (χ1v) is 9.85. The first-order valence-electron chi connectivity index (χ1n) is 9.85. The van der Waals surface area contributed by atoms with Crippen molar-refractivity contribution < 1.29 is 27.5 Å². The molecule has 0 atom stereocenters. The molecule has 2 amide bonds. The van der Waals surface area contributed by atoms with Crippen molar-refractivity contribution in [3.63, 3.8) is 0 Å². The van der Waals surface area contributed by atoms with Crippen molar-refractivity contribution in [3.8, 4) is 5.75 Å². The molecule has 1 saturated heterocycles. The summed E-state index contributed by atoms with van der Waals surface area (Å²) in [5, 5.41) is 2.75. The smallest absolute Gasteiger partial charge is 0.471 e. The molecule has 31 heavy (non-hydrogen) atoms. The molecule has 1 fully saturated rings. The summed E-state index contributed by atoms with van der Waals surface area (Å²) >= 11 is 0. The Morgan fingerprint density at radius 2 is 1.65 bits per heavy atom. The van der Waals surface area contributed by atoms with Gasteiger partial charge in [-0.05, 0) is 55.3 Å². The highest BCUT2D eigenvalue weighted by Crippen LogP contribution is 2.23. The standard InChI is InChI=1S/C22H24F3N3O3/c1-15-4-3-5-19(16(15)2)31-14-20(29)26-17-6-8-18(9-7-17)27-10-12-28(13-11-27)21(30)22(23,24)25/h3-9H,10-14H2,1-2H3,(H,26,29). The Kier molecular flexibility index (Phi) is 6.72. The van der Waals surface area contributed by atoms with Crippen LogP contribution in [0.4, 0.5) is 24.5 Å². The lowest BCUT2D eigenvalue weighted by Crippen LogP contribution is -2.52. The molecule has 1 aliphatic heterocycles. The highest BCUT2D eigenvalue weighted by Gasteiger charge is 2.43. The van der Waals surface area contributed by atoms with Crippen LogP contribution >= 0.6 is 0 Å². The minimum atomic E-state index is -4.84. The molecule has 0 spiro atoms. The van der Waals surface area contributed by atoms with E-state index in [0.717, 1.165) is 21.7 Å². The summed E-state index contributed by atoms with van der Waals surface area (Å²) in [7, 11) is 0. The van der Waals surface area contributed by atoms with Gasteiger partial charge in [-0.2, -0.15) is 13.2 Å². The second-order valence-electron chi connectivity index (χ2n) is 7.36. The zero-order valence-corrected chi connectivity index (χ0v) is 17.3. The number of amides is 2. The van der Waals surface area contributed by atoms with E-state index in [1.54, 1.807) is 24.3 Å². The van der Waals surface area contributed by atoms with Crippen LogP contribution in [0.3, 0.4) is 0 Å². The van der Waals surface area contributed by atoms with Gasteiger partial charge in [-0.3, -0.25) is 9.59 Å². The third-order valence-electron chi connectivity index (χ3n) is 5.24. The van der Waals surface area contributed by atoms with E-state index >= 15 is 0 Å². The average molecular weight is 435 g/mol. The van der Waals surface area contributed by atoms with Crippen LogP contribution in [0.2, 0.25) is 0 Å². The van der Waals surface area contributed by atoms with Gasteiger partial charge in [0.25, 0.3) is 5.91 Å². The monoisotopic (exact) mass is 435 g/mol. The molecule has 1 aliphatic rings. The second kappa shape index (κ2) is 9.28. The van der Waals surface area contributed by atoms with Crippen molar-refractivity contribution in [2.75, 3.05) is 43.0 Å². The zero-order chi connectivity index (χ0) is 22.6. The van der Waals surface area contributed by atoms with Crippen molar-refractivity contribution in [3.05, 3.63) is 53.6 Å². The molecule has 0 radical (unpaired) electrons. The van der Waals surface area contributed by atoms with E-state index in [0.29, 0.717) is 24.5 Å². The van der Waals surface area contributed by atoms with E-state index in [4.69, 9.17) is 4.74 Å². The molecule has 0 aromatic heterocycles. The van der Waals surface area contributed by atoms with Gasteiger partial charge in [0.2, 0.25) is 0 Å². The Labute approximate surface area is 178 Å². The van der Waals surface area contributed by atoms with Gasteiger partial charge in [0, 0.05) is 37.6 Å². The summed E-state index contributed by atoms with van der Waals surface area (Å²) in [6.07, 6.45) is -4.84. The number of alkyl halides is 3. The Hall–Kier alpha value is -3.23. The van der Waals surface area contributed by atoms with Crippen LogP contribution < -0.4 is 15.0 Å². The Morgan fingerprint density at radius 1 is 1.00 bits per heavy atom. The summed E-state index contributed by atoms with van der Waals surface area (Å²) < 4.78 is 43.2. The fourth-order valence-corrected chi connectivity index (χ4v) is 3.32. The minimum absolute atomic E-state index is 0.00649. The number of nitrogens with zero attached hydrogens (tertiary/aromatic N) is 2. The van der Waals surface area contributed by atoms with Gasteiger partial charge in [0.15, 0.2) is 6.61 Å². The summed E-state index contributed by atoms with van der Waals surface area (Å²) in [6, 6.07) is 12.7. The van der Waals surface area contributed by atoms with Crippen LogP contribution in [0.25, 0.3) is 0 Å². The van der Waals surface area contributed by atoms with E-state index in [1.807, 2.05) is 36.9 Å². The number of rotatable bonds is 5. The third kappa shape index (κ3) is 5.68. The van der Waals surface area contributed by atoms with Gasteiger partial charge in [-0.15, -0.1) is 0 Å². The maximum absolute atomic E-state index is 12.5. The summed E-state index contributed by atoms with van der Waals surface area (Å²) in [5.41, 5.74) is 3.46. The number of hydrogen-bond acceptors (Lipinski definition) is 4. The van der Waals surface area contributed by atoms with Gasteiger partial charge in [-0.1, -0.05) is 12.1 Å². The quantitative estimate of drug-likeness (QED) is 0.781. The summed E-state index contributed by atoms with van der Waals surface area (Å²) in [5.74, 6) is -1.44. The molecule has 166 valence electrons. The largest absolute Gasteiger partial charge is 0.483 e. The molecule has 0 saturated carbocycles. The number of carbonyl (C=O) groups is 2. The second-order valence-corrected chi connectivity index (χ2v) is 7.36. The number of nitrogens with one attached hydrogen (secondary N) is 1. The summed E-state index contributed by atoms with van der Waals surface area (Å²) in [4.78, 5) is 26.2. The number of ether oxygens (including phenoxy) is 1. The predicted octanol–water partition coefficient (Wildman–Crippen LogP) is 3.53. The maximum atomic E-state index is 12.5. The van der Waals surface area contributed by atoms with Crippen LogP contribution in [0.15, 0.2) is 42.5 Å². The number of benzene rings is 2. The fourth-order valence-electron chi connectivity index (χ4n) is 3.32. The zero-order valence-electron chi connectivity index (χ0n) is 17.3.